The number of hydrogen-bond acceptors (Lipinski definition) is 7. The molecule has 32 heavy (non-hydrogen) atoms. The van der Waals surface area contributed by atoms with Crippen LogP contribution in [0, 0.1) is 5.82 Å². The molecule has 4 aromatic rings. The van der Waals surface area contributed by atoms with Crippen LogP contribution in [0.15, 0.2) is 74.0 Å². The lowest BCUT2D eigenvalue weighted by molar-refractivity contribution is -0.111. The molecule has 0 unspecified atom stereocenters. The Bertz CT molecular complexity index is 1290. The molecule has 0 atom stereocenters. The first-order valence-corrected chi connectivity index (χ1v) is 9.45. The van der Waals surface area contributed by atoms with Crippen molar-refractivity contribution in [1.82, 2.24) is 24.7 Å². The smallest absolute Gasteiger partial charge is 0.247 e. The minimum Gasteiger partial charge on any atom is -0.438 e. The van der Waals surface area contributed by atoms with Crippen LogP contribution in [0.25, 0.3) is 11.1 Å². The van der Waals surface area contributed by atoms with Crippen molar-refractivity contribution in [1.29, 1.82) is 0 Å². The third-order valence-electron chi connectivity index (χ3n) is 4.23. The van der Waals surface area contributed by atoms with Gasteiger partial charge >= 0.3 is 0 Å². The summed E-state index contributed by atoms with van der Waals surface area (Å²) >= 11 is 0. The van der Waals surface area contributed by atoms with Crippen molar-refractivity contribution in [3.05, 3.63) is 79.8 Å². The lowest BCUT2D eigenvalue weighted by Gasteiger charge is -2.13. The molecule has 0 saturated heterocycles. The second-order valence-corrected chi connectivity index (χ2v) is 6.66. The standard InChI is InChI=1S/C22H18FN7O2/c1-3-20(31)27-16-5-4-6-18(8-16)32-21-19(14-7-15(23)10-24-9-14)12-25-22(29-21)28-17-11-26-30(2)13-17/h3-13H,1H2,2H3,(H,27,31)(H,25,28,29). The minimum atomic E-state index is -0.500. The van der Waals surface area contributed by atoms with Crippen LogP contribution in [0.1, 0.15) is 0 Å². The highest BCUT2D eigenvalue weighted by atomic mass is 19.1. The molecular formula is C22H18FN7O2. The van der Waals surface area contributed by atoms with Gasteiger partial charge in [-0.25, -0.2) is 9.37 Å². The molecule has 1 aromatic carbocycles. The van der Waals surface area contributed by atoms with Crippen LogP contribution in [0.5, 0.6) is 11.6 Å². The molecule has 3 heterocycles. The van der Waals surface area contributed by atoms with E-state index in [4.69, 9.17) is 4.74 Å². The average molecular weight is 431 g/mol. The summed E-state index contributed by atoms with van der Waals surface area (Å²) in [5, 5.41) is 9.80. The van der Waals surface area contributed by atoms with Gasteiger partial charge in [-0.2, -0.15) is 10.1 Å². The van der Waals surface area contributed by atoms with Crippen molar-refractivity contribution in [3.63, 3.8) is 0 Å². The van der Waals surface area contributed by atoms with Crippen molar-refractivity contribution >= 4 is 23.2 Å². The molecule has 0 aliphatic carbocycles. The summed E-state index contributed by atoms with van der Waals surface area (Å²) in [5.41, 5.74) is 2.09. The van der Waals surface area contributed by atoms with Gasteiger partial charge in [0.15, 0.2) is 0 Å². The summed E-state index contributed by atoms with van der Waals surface area (Å²) in [5.74, 6) is -0.00877. The van der Waals surface area contributed by atoms with Gasteiger partial charge in [-0.05, 0) is 24.3 Å². The lowest BCUT2D eigenvalue weighted by Crippen LogP contribution is -2.07. The quantitative estimate of drug-likeness (QED) is 0.425. The van der Waals surface area contributed by atoms with Gasteiger partial charge in [-0.1, -0.05) is 12.6 Å². The summed E-state index contributed by atoms with van der Waals surface area (Å²) in [6.45, 7) is 3.44. The fraction of sp³-hybridized carbons (Fsp3) is 0.0455. The third-order valence-corrected chi connectivity index (χ3v) is 4.23. The Labute approximate surface area is 182 Å². The molecule has 4 rings (SSSR count). The fourth-order valence-electron chi connectivity index (χ4n) is 2.82. The maximum Gasteiger partial charge on any atom is 0.247 e. The van der Waals surface area contributed by atoms with Crippen molar-refractivity contribution < 1.29 is 13.9 Å². The summed E-state index contributed by atoms with van der Waals surface area (Å²) in [6.07, 6.45) is 8.67. The molecule has 1 amide bonds. The molecule has 0 saturated carbocycles. The van der Waals surface area contributed by atoms with Gasteiger partial charge in [-0.3, -0.25) is 14.5 Å². The van der Waals surface area contributed by atoms with Gasteiger partial charge in [0.1, 0.15) is 11.6 Å². The van der Waals surface area contributed by atoms with Crippen LogP contribution in [0.3, 0.4) is 0 Å². The Morgan fingerprint density at radius 3 is 2.81 bits per heavy atom. The van der Waals surface area contributed by atoms with Gasteiger partial charge in [0.25, 0.3) is 0 Å². The monoisotopic (exact) mass is 431 g/mol. The third kappa shape index (κ3) is 4.93. The fourth-order valence-corrected chi connectivity index (χ4v) is 2.82. The van der Waals surface area contributed by atoms with E-state index < -0.39 is 5.82 Å². The van der Waals surface area contributed by atoms with E-state index in [1.165, 1.54) is 24.5 Å². The number of amides is 1. The number of anilines is 3. The topological polar surface area (TPSA) is 107 Å². The number of nitrogens with one attached hydrogen (secondary N) is 2. The zero-order valence-electron chi connectivity index (χ0n) is 17.0. The first kappa shape index (κ1) is 20.7. The van der Waals surface area contributed by atoms with E-state index in [-0.39, 0.29) is 17.7 Å². The predicted molar refractivity (Wildman–Crippen MR) is 117 cm³/mol. The first-order chi connectivity index (χ1) is 15.5. The molecule has 9 nitrogen and oxygen atoms in total. The highest BCUT2D eigenvalue weighted by Gasteiger charge is 2.14. The first-order valence-electron chi connectivity index (χ1n) is 9.45. The molecule has 3 aromatic heterocycles. The van der Waals surface area contributed by atoms with Crippen LogP contribution in [0.2, 0.25) is 0 Å². The predicted octanol–water partition coefficient (Wildman–Crippen LogP) is 4.07. The summed E-state index contributed by atoms with van der Waals surface area (Å²) in [4.78, 5) is 24.2. The average Bonchev–Trinajstić information content (AvgIpc) is 3.18. The Hall–Kier alpha value is -4.60. The van der Waals surface area contributed by atoms with E-state index in [9.17, 15) is 9.18 Å². The number of ether oxygens (including phenoxy) is 1. The lowest BCUT2D eigenvalue weighted by atomic mass is 10.1. The van der Waals surface area contributed by atoms with Crippen molar-refractivity contribution in [2.24, 2.45) is 7.05 Å². The Morgan fingerprint density at radius 1 is 1.19 bits per heavy atom. The largest absolute Gasteiger partial charge is 0.438 e. The number of aryl methyl sites for hydroxylation is 1. The highest BCUT2D eigenvalue weighted by molar-refractivity contribution is 5.98. The molecule has 0 radical (unpaired) electrons. The van der Waals surface area contributed by atoms with E-state index >= 15 is 0 Å². The number of carbonyl (C=O) groups is 1. The van der Waals surface area contributed by atoms with E-state index in [1.807, 2.05) is 0 Å². The van der Waals surface area contributed by atoms with E-state index in [0.717, 1.165) is 6.20 Å². The highest BCUT2D eigenvalue weighted by Crippen LogP contribution is 2.33. The van der Waals surface area contributed by atoms with Gasteiger partial charge < -0.3 is 15.4 Å². The van der Waals surface area contributed by atoms with Crippen molar-refractivity contribution in [2.75, 3.05) is 10.6 Å². The SMILES string of the molecule is C=CC(=O)Nc1cccc(Oc2nc(Nc3cnn(C)c3)ncc2-c2cncc(F)c2)c1. The van der Waals surface area contributed by atoms with Crippen LogP contribution < -0.4 is 15.4 Å². The Balaban J connectivity index is 1.70. The number of halogens is 1. The molecular weight excluding hydrogens is 413 g/mol. The van der Waals surface area contributed by atoms with Gasteiger partial charge in [0.05, 0.1) is 23.6 Å². The Morgan fingerprint density at radius 2 is 2.06 bits per heavy atom. The number of pyridine rings is 1. The van der Waals surface area contributed by atoms with Gasteiger partial charge in [0.2, 0.25) is 17.7 Å². The van der Waals surface area contributed by atoms with E-state index in [0.29, 0.717) is 28.3 Å². The normalized spacial score (nSPS) is 10.4. The minimum absolute atomic E-state index is 0.172. The maximum atomic E-state index is 13.8. The second-order valence-electron chi connectivity index (χ2n) is 6.66. The molecule has 0 aliphatic heterocycles. The van der Waals surface area contributed by atoms with Crippen molar-refractivity contribution in [3.8, 4) is 22.8 Å². The molecule has 0 bridgehead atoms. The summed E-state index contributed by atoms with van der Waals surface area (Å²) in [6, 6.07) is 8.07. The molecule has 2 N–H and O–H groups in total. The molecule has 0 spiro atoms. The number of aromatic nitrogens is 5. The van der Waals surface area contributed by atoms with Gasteiger partial charge in [0, 0.05) is 43.0 Å². The molecule has 0 fully saturated rings. The van der Waals surface area contributed by atoms with E-state index in [2.05, 4.69) is 37.3 Å². The Kier molecular flexibility index (Phi) is 5.84. The molecule has 0 aliphatic rings. The zero-order valence-corrected chi connectivity index (χ0v) is 17.0. The maximum absolute atomic E-state index is 13.8. The van der Waals surface area contributed by atoms with Crippen molar-refractivity contribution in [2.45, 2.75) is 0 Å². The van der Waals surface area contributed by atoms with Gasteiger partial charge in [-0.15, -0.1) is 0 Å². The van der Waals surface area contributed by atoms with E-state index in [1.54, 1.807) is 48.4 Å². The van der Waals surface area contributed by atoms with Crippen LogP contribution in [-0.4, -0.2) is 30.6 Å². The summed E-state index contributed by atoms with van der Waals surface area (Å²) < 4.78 is 21.4. The van der Waals surface area contributed by atoms with Crippen LogP contribution in [0.4, 0.5) is 21.7 Å². The van der Waals surface area contributed by atoms with Crippen LogP contribution in [-0.2, 0) is 11.8 Å². The second kappa shape index (κ2) is 9.04. The number of benzene rings is 1. The number of hydrogen-bond donors (Lipinski definition) is 2. The molecule has 160 valence electrons. The zero-order chi connectivity index (χ0) is 22.5. The number of nitrogens with zero attached hydrogens (tertiary/aromatic N) is 5. The van der Waals surface area contributed by atoms with Crippen LogP contribution >= 0.6 is 0 Å². The number of carbonyl (C=O) groups excluding carboxylic acids is 1. The number of rotatable bonds is 7. The summed E-state index contributed by atoms with van der Waals surface area (Å²) in [7, 11) is 1.79. The molecule has 10 heteroatoms.